The zero-order chi connectivity index (χ0) is 22.8. The number of aromatic nitrogens is 2. The molecule has 1 N–H and O–H groups in total. The maximum Gasteiger partial charge on any atom is 0.228 e. The molecule has 0 radical (unpaired) electrons. The normalized spacial score (nSPS) is 16.7. The highest BCUT2D eigenvalue weighted by molar-refractivity contribution is 9.10. The van der Waals surface area contributed by atoms with E-state index < -0.39 is 0 Å². The van der Waals surface area contributed by atoms with E-state index in [1.165, 1.54) is 0 Å². The van der Waals surface area contributed by atoms with E-state index in [-0.39, 0.29) is 11.8 Å². The van der Waals surface area contributed by atoms with Gasteiger partial charge in [-0.25, -0.2) is 4.98 Å². The fraction of sp³-hybridized carbons (Fsp3) is 0.231. The minimum Gasteiger partial charge on any atom is -0.326 e. The zero-order valence-corrected chi connectivity index (χ0v) is 20.4. The molecule has 1 amide bonds. The van der Waals surface area contributed by atoms with Crippen molar-refractivity contribution in [2.75, 3.05) is 18.4 Å². The van der Waals surface area contributed by atoms with Gasteiger partial charge >= 0.3 is 0 Å². The third-order valence-electron chi connectivity index (χ3n) is 6.03. The molecule has 5 nitrogen and oxygen atoms in total. The standard InChI is InChI=1S/C26H24BrClN4O/c27-19-7-3-10-22(14-19)32-24-12-2-1-11-23(24)30-25(32)17-31-13-5-6-18(16-31)26(33)29-21-9-4-8-20(28)15-21/h1-4,7-12,14-15,18H,5-6,13,16-17H2,(H,29,33)/t18-/m0/s1. The number of likely N-dealkylation sites (tertiary alicyclic amines) is 1. The topological polar surface area (TPSA) is 50.2 Å². The maximum absolute atomic E-state index is 12.9. The first-order valence-electron chi connectivity index (χ1n) is 11.1. The predicted molar refractivity (Wildman–Crippen MR) is 137 cm³/mol. The maximum atomic E-state index is 12.9. The molecule has 0 bridgehead atoms. The van der Waals surface area contributed by atoms with E-state index in [1.54, 1.807) is 12.1 Å². The number of anilines is 1. The number of carbonyl (C=O) groups excluding carboxylic acids is 1. The number of fused-ring (bicyclic) bond motifs is 1. The number of carbonyl (C=O) groups is 1. The van der Waals surface area contributed by atoms with E-state index in [0.29, 0.717) is 18.1 Å². The van der Waals surface area contributed by atoms with Gasteiger partial charge in [0.05, 0.1) is 23.5 Å². The van der Waals surface area contributed by atoms with Crippen molar-refractivity contribution in [1.29, 1.82) is 0 Å². The van der Waals surface area contributed by atoms with Crippen LogP contribution in [0.2, 0.25) is 5.02 Å². The van der Waals surface area contributed by atoms with Crippen molar-refractivity contribution in [3.05, 3.63) is 88.1 Å². The highest BCUT2D eigenvalue weighted by atomic mass is 79.9. The van der Waals surface area contributed by atoms with Crippen LogP contribution in [0.15, 0.2) is 77.3 Å². The van der Waals surface area contributed by atoms with Crippen LogP contribution >= 0.6 is 27.5 Å². The third kappa shape index (κ3) is 4.98. The van der Waals surface area contributed by atoms with E-state index >= 15 is 0 Å². The number of amides is 1. The molecule has 1 aliphatic heterocycles. The third-order valence-corrected chi connectivity index (χ3v) is 6.76. The van der Waals surface area contributed by atoms with Gasteiger partial charge in [-0.3, -0.25) is 14.3 Å². The molecule has 2 heterocycles. The molecule has 0 aliphatic carbocycles. The van der Waals surface area contributed by atoms with Crippen molar-refractivity contribution in [3.63, 3.8) is 0 Å². The van der Waals surface area contributed by atoms with Crippen LogP contribution in [0.4, 0.5) is 5.69 Å². The van der Waals surface area contributed by atoms with Crippen LogP contribution in [0.5, 0.6) is 0 Å². The van der Waals surface area contributed by atoms with Crippen molar-refractivity contribution >= 4 is 50.2 Å². The average Bonchev–Trinajstić information content (AvgIpc) is 3.17. The van der Waals surface area contributed by atoms with E-state index in [9.17, 15) is 4.79 Å². The fourth-order valence-electron chi connectivity index (χ4n) is 4.51. The molecular weight excluding hydrogens is 500 g/mol. The van der Waals surface area contributed by atoms with Gasteiger partial charge in [0.1, 0.15) is 5.82 Å². The van der Waals surface area contributed by atoms with Crippen molar-refractivity contribution < 1.29 is 4.79 Å². The summed E-state index contributed by atoms with van der Waals surface area (Å²) in [5.41, 5.74) is 3.86. The van der Waals surface area contributed by atoms with Gasteiger partial charge in [-0.05, 0) is 67.9 Å². The Bertz CT molecular complexity index is 1300. The van der Waals surface area contributed by atoms with Gasteiger partial charge in [0.2, 0.25) is 5.91 Å². The lowest BCUT2D eigenvalue weighted by Gasteiger charge is -2.31. The van der Waals surface area contributed by atoms with Crippen LogP contribution in [0.3, 0.4) is 0 Å². The molecule has 1 fully saturated rings. The summed E-state index contributed by atoms with van der Waals surface area (Å²) in [7, 11) is 0. The lowest BCUT2D eigenvalue weighted by molar-refractivity contribution is -0.121. The number of imidazole rings is 1. The number of benzene rings is 3. The van der Waals surface area contributed by atoms with Gasteiger partial charge in [-0.1, -0.05) is 51.8 Å². The number of rotatable bonds is 5. The molecule has 3 aromatic carbocycles. The Morgan fingerprint density at radius 1 is 1.09 bits per heavy atom. The number of piperidine rings is 1. The number of hydrogen-bond acceptors (Lipinski definition) is 3. The Kier molecular flexibility index (Phi) is 6.49. The molecule has 0 saturated carbocycles. The van der Waals surface area contributed by atoms with Gasteiger partial charge in [0.15, 0.2) is 0 Å². The SMILES string of the molecule is O=C(Nc1cccc(Cl)c1)[C@H]1CCCN(Cc2nc3ccccc3n2-c2cccc(Br)c2)C1. The van der Waals surface area contributed by atoms with Crippen molar-refractivity contribution in [3.8, 4) is 5.69 Å². The van der Waals surface area contributed by atoms with Crippen molar-refractivity contribution in [2.24, 2.45) is 5.92 Å². The number of nitrogens with one attached hydrogen (secondary N) is 1. The van der Waals surface area contributed by atoms with Crippen LogP contribution in [-0.4, -0.2) is 33.4 Å². The monoisotopic (exact) mass is 522 g/mol. The van der Waals surface area contributed by atoms with Crippen LogP contribution in [0.25, 0.3) is 16.7 Å². The first kappa shape index (κ1) is 22.1. The van der Waals surface area contributed by atoms with Crippen molar-refractivity contribution in [1.82, 2.24) is 14.5 Å². The van der Waals surface area contributed by atoms with Gasteiger partial charge < -0.3 is 5.32 Å². The minimum absolute atomic E-state index is 0.0439. The Morgan fingerprint density at radius 3 is 2.79 bits per heavy atom. The summed E-state index contributed by atoms with van der Waals surface area (Å²) in [6.07, 6.45) is 1.86. The Hall–Kier alpha value is -2.67. The molecule has 7 heteroatoms. The first-order valence-corrected chi connectivity index (χ1v) is 12.2. The summed E-state index contributed by atoms with van der Waals surface area (Å²) < 4.78 is 3.25. The number of nitrogens with zero attached hydrogens (tertiary/aromatic N) is 3. The molecule has 1 saturated heterocycles. The Morgan fingerprint density at radius 2 is 1.94 bits per heavy atom. The van der Waals surface area contributed by atoms with Crippen LogP contribution in [0, 0.1) is 5.92 Å². The van der Waals surface area contributed by atoms with Crippen molar-refractivity contribution in [2.45, 2.75) is 19.4 Å². The highest BCUT2D eigenvalue weighted by Crippen LogP contribution is 2.27. The van der Waals surface area contributed by atoms with Gasteiger partial charge in [-0.15, -0.1) is 0 Å². The average molecular weight is 524 g/mol. The molecule has 0 spiro atoms. The Balaban J connectivity index is 1.37. The Labute approximate surface area is 206 Å². The molecule has 4 aromatic rings. The smallest absolute Gasteiger partial charge is 0.228 e. The van der Waals surface area contributed by atoms with Crippen LogP contribution in [0.1, 0.15) is 18.7 Å². The summed E-state index contributed by atoms with van der Waals surface area (Å²) in [5.74, 6) is 0.953. The molecule has 1 aromatic heterocycles. The molecule has 33 heavy (non-hydrogen) atoms. The van der Waals surface area contributed by atoms with E-state index in [2.05, 4.69) is 48.9 Å². The van der Waals surface area contributed by atoms with Gasteiger partial charge in [0, 0.05) is 27.4 Å². The number of hydrogen-bond donors (Lipinski definition) is 1. The highest BCUT2D eigenvalue weighted by Gasteiger charge is 2.27. The summed E-state index contributed by atoms with van der Waals surface area (Å²) in [4.78, 5) is 20.2. The number of para-hydroxylation sites is 2. The molecular formula is C26H24BrClN4O. The van der Waals surface area contributed by atoms with Crippen LogP contribution < -0.4 is 5.32 Å². The van der Waals surface area contributed by atoms with Crippen LogP contribution in [-0.2, 0) is 11.3 Å². The molecule has 5 rings (SSSR count). The summed E-state index contributed by atoms with van der Waals surface area (Å²) in [6.45, 7) is 2.33. The minimum atomic E-state index is -0.0681. The van der Waals surface area contributed by atoms with E-state index in [0.717, 1.165) is 52.1 Å². The lowest BCUT2D eigenvalue weighted by Crippen LogP contribution is -2.40. The van der Waals surface area contributed by atoms with Gasteiger partial charge in [-0.2, -0.15) is 0 Å². The zero-order valence-electron chi connectivity index (χ0n) is 18.0. The summed E-state index contributed by atoms with van der Waals surface area (Å²) in [5, 5.41) is 3.64. The second-order valence-electron chi connectivity index (χ2n) is 8.41. The second-order valence-corrected chi connectivity index (χ2v) is 9.76. The summed E-state index contributed by atoms with van der Waals surface area (Å²) >= 11 is 9.66. The predicted octanol–water partition coefficient (Wildman–Crippen LogP) is 6.29. The molecule has 1 aliphatic rings. The van der Waals surface area contributed by atoms with E-state index in [4.69, 9.17) is 16.6 Å². The van der Waals surface area contributed by atoms with Gasteiger partial charge in [0.25, 0.3) is 0 Å². The molecule has 168 valence electrons. The molecule has 0 unspecified atom stereocenters. The summed E-state index contributed by atoms with van der Waals surface area (Å²) in [6, 6.07) is 23.8. The van der Waals surface area contributed by atoms with E-state index in [1.807, 2.05) is 42.5 Å². The quantitative estimate of drug-likeness (QED) is 0.334. The molecule has 1 atom stereocenters. The first-order chi connectivity index (χ1) is 16.1. The largest absolute Gasteiger partial charge is 0.326 e. The lowest BCUT2D eigenvalue weighted by atomic mass is 9.97. The second kappa shape index (κ2) is 9.67. The number of halogens is 2. The fourth-order valence-corrected chi connectivity index (χ4v) is 5.09.